The molecule has 0 aliphatic carbocycles. The summed E-state index contributed by atoms with van der Waals surface area (Å²) in [4.78, 5) is 21.4. The van der Waals surface area contributed by atoms with Crippen LogP contribution in [0.3, 0.4) is 0 Å². The topological polar surface area (TPSA) is 81.9 Å². The number of rotatable bonds is 5. The number of nitrogens with one attached hydrogen (secondary N) is 1. The molecule has 0 spiro atoms. The molecule has 0 radical (unpaired) electrons. The van der Waals surface area contributed by atoms with Gasteiger partial charge in [-0.25, -0.2) is 9.67 Å². The highest BCUT2D eigenvalue weighted by Crippen LogP contribution is 2.29. The minimum Gasteiger partial charge on any atom is -0.495 e. The number of benzene rings is 1. The zero-order valence-corrected chi connectivity index (χ0v) is 17.7. The second-order valence-corrected chi connectivity index (χ2v) is 7.44. The first-order valence-corrected chi connectivity index (χ1v) is 9.78. The van der Waals surface area contributed by atoms with Crippen LogP contribution in [0.2, 0.25) is 10.0 Å². The average Bonchev–Trinajstić information content (AvgIpc) is 3.06. The average molecular weight is 442 g/mol. The number of amides is 1. The summed E-state index contributed by atoms with van der Waals surface area (Å²) in [6.07, 6.45) is 4.83. The Morgan fingerprint density at radius 1 is 1.17 bits per heavy atom. The van der Waals surface area contributed by atoms with Gasteiger partial charge in [0, 0.05) is 23.1 Å². The van der Waals surface area contributed by atoms with Crippen molar-refractivity contribution in [3.8, 4) is 5.75 Å². The molecule has 0 saturated carbocycles. The number of hydrogen-bond acceptors (Lipinski definition) is 5. The second kappa shape index (κ2) is 8.30. The molecular formula is C21H17Cl2N5O2. The van der Waals surface area contributed by atoms with Gasteiger partial charge in [-0.05, 0) is 42.8 Å². The smallest absolute Gasteiger partial charge is 0.258 e. The molecule has 0 fully saturated rings. The summed E-state index contributed by atoms with van der Waals surface area (Å²) in [5.41, 5.74) is 3.05. The highest BCUT2D eigenvalue weighted by Gasteiger charge is 2.20. The third-order valence-electron chi connectivity index (χ3n) is 4.56. The third kappa shape index (κ3) is 3.94. The lowest BCUT2D eigenvalue weighted by molar-refractivity contribution is 0.102. The van der Waals surface area contributed by atoms with Gasteiger partial charge in [0.2, 0.25) is 0 Å². The molecule has 9 heteroatoms. The first-order valence-electron chi connectivity index (χ1n) is 9.02. The van der Waals surface area contributed by atoms with Crippen LogP contribution in [0.4, 0.5) is 5.69 Å². The van der Waals surface area contributed by atoms with Gasteiger partial charge in [0.1, 0.15) is 5.75 Å². The Morgan fingerprint density at radius 3 is 2.67 bits per heavy atom. The van der Waals surface area contributed by atoms with E-state index in [9.17, 15) is 4.79 Å². The lowest BCUT2D eigenvalue weighted by Crippen LogP contribution is -2.13. The summed E-state index contributed by atoms with van der Waals surface area (Å²) in [5, 5.41) is 8.88. The van der Waals surface area contributed by atoms with Crippen LogP contribution in [-0.4, -0.2) is 32.8 Å². The van der Waals surface area contributed by atoms with Crippen LogP contribution in [0.15, 0.2) is 48.9 Å². The molecule has 7 nitrogen and oxygen atoms in total. The summed E-state index contributed by atoms with van der Waals surface area (Å²) in [7, 11) is 1.59. The molecule has 1 N–H and O–H groups in total. The normalized spacial score (nSPS) is 10.9. The maximum absolute atomic E-state index is 12.7. The van der Waals surface area contributed by atoms with Crippen molar-refractivity contribution >= 4 is 45.8 Å². The summed E-state index contributed by atoms with van der Waals surface area (Å²) >= 11 is 12.5. The van der Waals surface area contributed by atoms with Crippen molar-refractivity contribution in [1.29, 1.82) is 0 Å². The van der Waals surface area contributed by atoms with Crippen LogP contribution in [0, 0.1) is 6.92 Å². The fraction of sp³-hybridized carbons (Fsp3) is 0.143. The van der Waals surface area contributed by atoms with Crippen LogP contribution >= 0.6 is 23.2 Å². The van der Waals surface area contributed by atoms with E-state index in [2.05, 4.69) is 20.4 Å². The standard InChI is InChI=1S/C21H17Cl2N5O2/c1-12-18-19(23)17(21(29)26-15-5-3-14(22)4-6-15)10-25-20(18)28(27-12)11-13-7-16(30-2)9-24-8-13/h3-10H,11H2,1-2H3,(H,26,29). The van der Waals surface area contributed by atoms with Crippen molar-refractivity contribution in [2.75, 3.05) is 12.4 Å². The van der Waals surface area contributed by atoms with Gasteiger partial charge in [0.05, 0.1) is 41.5 Å². The van der Waals surface area contributed by atoms with E-state index in [4.69, 9.17) is 27.9 Å². The zero-order valence-electron chi connectivity index (χ0n) is 16.2. The van der Waals surface area contributed by atoms with E-state index in [0.717, 1.165) is 5.56 Å². The van der Waals surface area contributed by atoms with Gasteiger partial charge in [-0.15, -0.1) is 0 Å². The molecule has 0 aliphatic heterocycles. The Balaban J connectivity index is 1.66. The predicted molar refractivity (Wildman–Crippen MR) is 117 cm³/mol. The Kier molecular flexibility index (Phi) is 5.57. The number of hydrogen-bond donors (Lipinski definition) is 1. The molecule has 3 heterocycles. The molecule has 1 amide bonds. The highest BCUT2D eigenvalue weighted by atomic mass is 35.5. The van der Waals surface area contributed by atoms with E-state index in [1.807, 2.05) is 13.0 Å². The number of halogens is 2. The van der Waals surface area contributed by atoms with Crippen molar-refractivity contribution in [3.05, 3.63) is 75.8 Å². The van der Waals surface area contributed by atoms with Gasteiger partial charge in [-0.3, -0.25) is 9.78 Å². The number of anilines is 1. The molecule has 0 aliphatic rings. The Labute approximate surface area is 182 Å². The second-order valence-electron chi connectivity index (χ2n) is 6.62. The summed E-state index contributed by atoms with van der Waals surface area (Å²) in [5.74, 6) is 0.300. The SMILES string of the molecule is COc1cncc(Cn2nc(C)c3c(Cl)c(C(=O)Nc4ccc(Cl)cc4)cnc32)c1. The van der Waals surface area contributed by atoms with E-state index in [1.165, 1.54) is 6.20 Å². The molecule has 1 aromatic carbocycles. The first kappa shape index (κ1) is 20.1. The molecule has 0 atom stereocenters. The van der Waals surface area contributed by atoms with E-state index >= 15 is 0 Å². The van der Waals surface area contributed by atoms with Gasteiger partial charge < -0.3 is 10.1 Å². The van der Waals surface area contributed by atoms with Crippen molar-refractivity contribution in [1.82, 2.24) is 19.7 Å². The van der Waals surface area contributed by atoms with Gasteiger partial charge >= 0.3 is 0 Å². The van der Waals surface area contributed by atoms with Gasteiger partial charge in [-0.2, -0.15) is 5.10 Å². The number of pyridine rings is 2. The monoisotopic (exact) mass is 441 g/mol. The van der Waals surface area contributed by atoms with Crippen LogP contribution in [0.1, 0.15) is 21.6 Å². The quantitative estimate of drug-likeness (QED) is 0.483. The lowest BCUT2D eigenvalue weighted by atomic mass is 10.2. The molecule has 3 aromatic heterocycles. The van der Waals surface area contributed by atoms with Crippen molar-refractivity contribution < 1.29 is 9.53 Å². The Morgan fingerprint density at radius 2 is 1.93 bits per heavy atom. The Hall–Kier alpha value is -3.16. The minimum atomic E-state index is -0.360. The van der Waals surface area contributed by atoms with Crippen LogP contribution in [-0.2, 0) is 6.54 Å². The maximum atomic E-state index is 12.7. The molecule has 4 aromatic rings. The molecule has 152 valence electrons. The van der Waals surface area contributed by atoms with E-state index in [-0.39, 0.29) is 11.5 Å². The molecule has 30 heavy (non-hydrogen) atoms. The van der Waals surface area contributed by atoms with E-state index in [0.29, 0.717) is 44.8 Å². The molecule has 0 bridgehead atoms. The fourth-order valence-electron chi connectivity index (χ4n) is 3.11. The highest BCUT2D eigenvalue weighted by molar-refractivity contribution is 6.39. The minimum absolute atomic E-state index is 0.268. The van der Waals surface area contributed by atoms with Crippen LogP contribution in [0.25, 0.3) is 11.0 Å². The summed E-state index contributed by atoms with van der Waals surface area (Å²) in [6.45, 7) is 2.27. The number of ether oxygens (including phenoxy) is 1. The predicted octanol–water partition coefficient (Wildman–Crippen LogP) is 4.75. The molecular weight excluding hydrogens is 425 g/mol. The summed E-state index contributed by atoms with van der Waals surface area (Å²) < 4.78 is 6.95. The maximum Gasteiger partial charge on any atom is 0.258 e. The largest absolute Gasteiger partial charge is 0.495 e. The van der Waals surface area contributed by atoms with Gasteiger partial charge in [0.25, 0.3) is 5.91 Å². The number of carbonyl (C=O) groups is 1. The number of nitrogens with zero attached hydrogens (tertiary/aromatic N) is 4. The first-order chi connectivity index (χ1) is 14.5. The fourth-order valence-corrected chi connectivity index (χ4v) is 3.59. The van der Waals surface area contributed by atoms with Gasteiger partial charge in [-0.1, -0.05) is 23.2 Å². The van der Waals surface area contributed by atoms with E-state index in [1.54, 1.807) is 48.5 Å². The number of methoxy groups -OCH3 is 1. The Bertz CT molecular complexity index is 1240. The number of aryl methyl sites for hydroxylation is 1. The lowest BCUT2D eigenvalue weighted by Gasteiger charge is -2.08. The van der Waals surface area contributed by atoms with Crippen LogP contribution in [0.5, 0.6) is 5.75 Å². The zero-order chi connectivity index (χ0) is 21.3. The number of aromatic nitrogens is 4. The molecule has 0 unspecified atom stereocenters. The van der Waals surface area contributed by atoms with Crippen LogP contribution < -0.4 is 10.1 Å². The van der Waals surface area contributed by atoms with E-state index < -0.39 is 0 Å². The number of fused-ring (bicyclic) bond motifs is 1. The van der Waals surface area contributed by atoms with Crippen molar-refractivity contribution in [3.63, 3.8) is 0 Å². The van der Waals surface area contributed by atoms with Gasteiger partial charge in [0.15, 0.2) is 5.65 Å². The molecule has 4 rings (SSSR count). The van der Waals surface area contributed by atoms with Crippen molar-refractivity contribution in [2.24, 2.45) is 0 Å². The van der Waals surface area contributed by atoms with Crippen molar-refractivity contribution in [2.45, 2.75) is 13.5 Å². The molecule has 0 saturated heterocycles. The third-order valence-corrected chi connectivity index (χ3v) is 5.20. The number of carbonyl (C=O) groups excluding carboxylic acids is 1. The summed E-state index contributed by atoms with van der Waals surface area (Å²) in [6, 6.07) is 8.70.